The van der Waals surface area contributed by atoms with Gasteiger partial charge in [-0.05, 0) is 48.2 Å². The van der Waals surface area contributed by atoms with Gasteiger partial charge in [0.05, 0.1) is 0 Å². The van der Waals surface area contributed by atoms with Crippen LogP contribution in [0.1, 0.15) is 44.7 Å². The van der Waals surface area contributed by atoms with Crippen LogP contribution < -0.4 is 10.6 Å². The molecule has 1 aromatic carbocycles. The van der Waals surface area contributed by atoms with Crippen molar-refractivity contribution in [1.82, 2.24) is 20.5 Å². The topological polar surface area (TPSA) is 74.3 Å². The van der Waals surface area contributed by atoms with Crippen molar-refractivity contribution in [1.29, 1.82) is 0 Å². The minimum Gasteiger partial charge on any atom is -0.352 e. The van der Waals surface area contributed by atoms with E-state index in [0.717, 1.165) is 41.9 Å². The lowest BCUT2D eigenvalue weighted by molar-refractivity contribution is -0.121. The van der Waals surface area contributed by atoms with Gasteiger partial charge in [0.1, 0.15) is 0 Å². The van der Waals surface area contributed by atoms with Gasteiger partial charge in [0, 0.05) is 50.1 Å². The molecule has 6 heteroatoms. The van der Waals surface area contributed by atoms with E-state index in [1.807, 2.05) is 37.4 Å². The molecule has 0 atom stereocenters. The molecular weight excluding hydrogens is 340 g/mol. The van der Waals surface area contributed by atoms with Crippen LogP contribution in [-0.4, -0.2) is 34.8 Å². The number of benzene rings is 1. The number of nitrogens with one attached hydrogen (secondary N) is 2. The molecule has 0 aliphatic carbocycles. The Bertz CT molecular complexity index is 894. The minimum atomic E-state index is -0.0373. The predicted octanol–water partition coefficient (Wildman–Crippen LogP) is 1.70. The number of carbonyl (C=O) groups is 2. The molecule has 0 spiro atoms. The summed E-state index contributed by atoms with van der Waals surface area (Å²) in [5.41, 5.74) is 6.43. The average molecular weight is 364 g/mol. The van der Waals surface area contributed by atoms with Crippen molar-refractivity contribution in [3.63, 3.8) is 0 Å². The normalized spacial score (nSPS) is 15.4. The monoisotopic (exact) mass is 364 g/mol. The molecule has 1 aromatic heterocycles. The summed E-state index contributed by atoms with van der Waals surface area (Å²) in [7, 11) is 0. The maximum atomic E-state index is 12.4. The molecule has 2 aliphatic heterocycles. The number of nitrogens with zero attached hydrogens (tertiary/aromatic N) is 2. The maximum Gasteiger partial charge on any atom is 0.254 e. The molecule has 2 N–H and O–H groups in total. The molecule has 6 nitrogen and oxygen atoms in total. The number of carbonyl (C=O) groups excluding carboxylic acids is 2. The molecule has 2 aliphatic rings. The number of rotatable bonds is 5. The van der Waals surface area contributed by atoms with Gasteiger partial charge < -0.3 is 15.5 Å². The molecule has 3 heterocycles. The Labute approximate surface area is 159 Å². The standard InChI is InChI=1S/C21H24N4O2/c1-14-19(17-6-8-22-10-16(17)11-23-14)12-24-20(26)7-9-25-13-15-4-2-3-5-18(15)21(25)27/h2-5,11,22H,6-10,12-13H2,1H3,(H,24,26). The van der Waals surface area contributed by atoms with Gasteiger partial charge in [-0.25, -0.2) is 0 Å². The summed E-state index contributed by atoms with van der Waals surface area (Å²) in [5.74, 6) is -0.0206. The SMILES string of the molecule is Cc1ncc2c(c1CNC(=O)CCN1Cc3ccccc3C1=O)CCNC2. The molecule has 27 heavy (non-hydrogen) atoms. The van der Waals surface area contributed by atoms with E-state index in [-0.39, 0.29) is 11.8 Å². The van der Waals surface area contributed by atoms with E-state index in [1.165, 1.54) is 11.1 Å². The third kappa shape index (κ3) is 3.57. The van der Waals surface area contributed by atoms with Crippen molar-refractivity contribution in [2.75, 3.05) is 13.1 Å². The summed E-state index contributed by atoms with van der Waals surface area (Å²) in [6.45, 7) is 5.30. The van der Waals surface area contributed by atoms with E-state index in [4.69, 9.17) is 0 Å². The number of fused-ring (bicyclic) bond motifs is 2. The summed E-state index contributed by atoms with van der Waals surface area (Å²) < 4.78 is 0. The minimum absolute atomic E-state index is 0.0167. The Morgan fingerprint density at radius 2 is 2.15 bits per heavy atom. The number of pyridine rings is 1. The zero-order valence-electron chi connectivity index (χ0n) is 15.5. The van der Waals surface area contributed by atoms with Crippen LogP contribution in [0.2, 0.25) is 0 Å². The van der Waals surface area contributed by atoms with Crippen LogP contribution in [-0.2, 0) is 30.8 Å². The predicted molar refractivity (Wildman–Crippen MR) is 102 cm³/mol. The average Bonchev–Trinajstić information content (AvgIpc) is 3.01. The van der Waals surface area contributed by atoms with Gasteiger partial charge in [-0.15, -0.1) is 0 Å². The summed E-state index contributed by atoms with van der Waals surface area (Å²) in [4.78, 5) is 30.9. The molecule has 2 aromatic rings. The third-order valence-corrected chi connectivity index (χ3v) is 5.44. The highest BCUT2D eigenvalue weighted by Crippen LogP contribution is 2.22. The van der Waals surface area contributed by atoms with Crippen LogP contribution in [0.5, 0.6) is 0 Å². The number of hydrogen-bond donors (Lipinski definition) is 2. The van der Waals surface area contributed by atoms with E-state index in [0.29, 0.717) is 26.1 Å². The van der Waals surface area contributed by atoms with Crippen LogP contribution in [0, 0.1) is 6.92 Å². The van der Waals surface area contributed by atoms with Gasteiger partial charge in [-0.2, -0.15) is 0 Å². The fourth-order valence-corrected chi connectivity index (χ4v) is 3.88. The van der Waals surface area contributed by atoms with Gasteiger partial charge >= 0.3 is 0 Å². The van der Waals surface area contributed by atoms with Gasteiger partial charge in [0.15, 0.2) is 0 Å². The fraction of sp³-hybridized carbons (Fsp3) is 0.381. The van der Waals surface area contributed by atoms with Crippen LogP contribution in [0.15, 0.2) is 30.5 Å². The van der Waals surface area contributed by atoms with E-state index in [9.17, 15) is 9.59 Å². The van der Waals surface area contributed by atoms with Crippen LogP contribution in [0.4, 0.5) is 0 Å². The summed E-state index contributed by atoms with van der Waals surface area (Å²) in [5, 5.41) is 6.36. The van der Waals surface area contributed by atoms with E-state index >= 15 is 0 Å². The number of amides is 2. The van der Waals surface area contributed by atoms with E-state index in [1.54, 1.807) is 4.90 Å². The van der Waals surface area contributed by atoms with Crippen LogP contribution in [0.25, 0.3) is 0 Å². The first-order valence-electron chi connectivity index (χ1n) is 9.44. The first kappa shape index (κ1) is 17.7. The summed E-state index contributed by atoms with van der Waals surface area (Å²) >= 11 is 0. The van der Waals surface area contributed by atoms with Crippen molar-refractivity contribution in [2.45, 2.75) is 39.4 Å². The smallest absolute Gasteiger partial charge is 0.254 e. The number of aromatic nitrogens is 1. The highest BCUT2D eigenvalue weighted by Gasteiger charge is 2.26. The molecule has 0 bridgehead atoms. The molecule has 0 saturated heterocycles. The molecule has 4 rings (SSSR count). The Hall–Kier alpha value is -2.73. The highest BCUT2D eigenvalue weighted by atomic mass is 16.2. The largest absolute Gasteiger partial charge is 0.352 e. The second kappa shape index (κ2) is 7.48. The zero-order valence-corrected chi connectivity index (χ0v) is 15.5. The molecule has 0 unspecified atom stereocenters. The maximum absolute atomic E-state index is 12.4. The lowest BCUT2D eigenvalue weighted by Crippen LogP contribution is -2.32. The van der Waals surface area contributed by atoms with Gasteiger partial charge in [-0.3, -0.25) is 14.6 Å². The lowest BCUT2D eigenvalue weighted by Gasteiger charge is -2.22. The van der Waals surface area contributed by atoms with Crippen LogP contribution >= 0.6 is 0 Å². The number of hydrogen-bond acceptors (Lipinski definition) is 4. The van der Waals surface area contributed by atoms with Gasteiger partial charge in [-0.1, -0.05) is 18.2 Å². The molecule has 2 amide bonds. The Kier molecular flexibility index (Phi) is 4.90. The molecule has 0 fully saturated rings. The molecule has 0 saturated carbocycles. The van der Waals surface area contributed by atoms with Crippen molar-refractivity contribution in [3.8, 4) is 0 Å². The van der Waals surface area contributed by atoms with E-state index in [2.05, 4.69) is 15.6 Å². The van der Waals surface area contributed by atoms with E-state index < -0.39 is 0 Å². The summed E-state index contributed by atoms with van der Waals surface area (Å²) in [6, 6.07) is 7.63. The van der Waals surface area contributed by atoms with Crippen molar-refractivity contribution >= 4 is 11.8 Å². The second-order valence-electron chi connectivity index (χ2n) is 7.16. The Balaban J connectivity index is 1.33. The lowest BCUT2D eigenvalue weighted by atomic mass is 9.96. The fourth-order valence-electron chi connectivity index (χ4n) is 3.88. The molecule has 0 radical (unpaired) electrons. The first-order chi connectivity index (χ1) is 13.1. The van der Waals surface area contributed by atoms with Gasteiger partial charge in [0.2, 0.25) is 5.91 Å². The van der Waals surface area contributed by atoms with Crippen molar-refractivity contribution in [3.05, 3.63) is 64.0 Å². The summed E-state index contributed by atoms with van der Waals surface area (Å²) in [6.07, 6.45) is 3.20. The first-order valence-corrected chi connectivity index (χ1v) is 9.44. The third-order valence-electron chi connectivity index (χ3n) is 5.44. The Morgan fingerprint density at radius 3 is 3.00 bits per heavy atom. The van der Waals surface area contributed by atoms with Crippen LogP contribution in [0.3, 0.4) is 0 Å². The number of aryl methyl sites for hydroxylation is 1. The van der Waals surface area contributed by atoms with Crippen molar-refractivity contribution < 1.29 is 9.59 Å². The molecule has 140 valence electrons. The zero-order chi connectivity index (χ0) is 18.8. The quantitative estimate of drug-likeness (QED) is 0.847. The Morgan fingerprint density at radius 1 is 1.30 bits per heavy atom. The van der Waals surface area contributed by atoms with Crippen molar-refractivity contribution in [2.24, 2.45) is 0 Å². The highest BCUT2D eigenvalue weighted by molar-refractivity contribution is 5.98. The second-order valence-corrected chi connectivity index (χ2v) is 7.16. The molecular formula is C21H24N4O2. The van der Waals surface area contributed by atoms with Gasteiger partial charge in [0.25, 0.3) is 5.91 Å².